The smallest absolute Gasteiger partial charge is 0.123 e. The van der Waals surface area contributed by atoms with Gasteiger partial charge in [0.25, 0.3) is 0 Å². The van der Waals surface area contributed by atoms with Crippen molar-refractivity contribution in [1.29, 1.82) is 0 Å². The predicted molar refractivity (Wildman–Crippen MR) is 82.3 cm³/mol. The lowest BCUT2D eigenvalue weighted by Gasteiger charge is -2.16. The summed E-state index contributed by atoms with van der Waals surface area (Å²) in [5.41, 5.74) is 2.30. The molecule has 3 nitrogen and oxygen atoms in total. The third kappa shape index (κ3) is 4.99. The Morgan fingerprint density at radius 1 is 1.14 bits per heavy atom. The average Bonchev–Trinajstić information content (AvgIpc) is 2.89. The number of hydrogen-bond donors (Lipinski definition) is 1. The van der Waals surface area contributed by atoms with E-state index in [1.807, 2.05) is 18.2 Å². The van der Waals surface area contributed by atoms with Crippen LogP contribution in [0.1, 0.15) is 30.2 Å². The molecular formula is C17H23FN2O. The molecule has 0 unspecified atom stereocenters. The second-order valence-electron chi connectivity index (χ2n) is 5.34. The van der Waals surface area contributed by atoms with Gasteiger partial charge in [-0.15, -0.1) is 0 Å². The first-order valence-corrected chi connectivity index (χ1v) is 7.38. The summed E-state index contributed by atoms with van der Waals surface area (Å²) in [5.74, 6) is 0.801. The fraction of sp³-hybridized carbons (Fsp3) is 0.412. The number of rotatable bonds is 8. The molecule has 2 rings (SSSR count). The summed E-state index contributed by atoms with van der Waals surface area (Å²) >= 11 is 0. The molecule has 1 aromatic heterocycles. The molecule has 0 aliphatic heterocycles. The van der Waals surface area contributed by atoms with Gasteiger partial charge in [-0.05, 0) is 43.8 Å². The summed E-state index contributed by atoms with van der Waals surface area (Å²) < 4.78 is 18.4. The van der Waals surface area contributed by atoms with Crippen LogP contribution in [0.5, 0.6) is 0 Å². The van der Waals surface area contributed by atoms with Crippen LogP contribution in [-0.2, 0) is 19.6 Å². The van der Waals surface area contributed by atoms with Crippen LogP contribution in [-0.4, -0.2) is 18.5 Å². The SMILES string of the molecule is CCCNCc1occc1CN(C)Cc1ccc(F)cc1. The summed E-state index contributed by atoms with van der Waals surface area (Å²) in [5, 5.41) is 3.35. The van der Waals surface area contributed by atoms with Crippen LogP contribution in [0.15, 0.2) is 41.0 Å². The molecule has 1 N–H and O–H groups in total. The standard InChI is InChI=1S/C17H23FN2O/c1-3-9-19-11-17-15(8-10-21-17)13-20(2)12-14-4-6-16(18)7-5-14/h4-8,10,19H,3,9,11-13H2,1-2H3. The predicted octanol–water partition coefficient (Wildman–Crippen LogP) is 3.55. The minimum absolute atomic E-state index is 0.194. The summed E-state index contributed by atoms with van der Waals surface area (Å²) in [6.45, 7) is 5.50. The Bertz CT molecular complexity index is 536. The molecule has 0 fully saturated rings. The molecule has 0 saturated carbocycles. The van der Waals surface area contributed by atoms with Gasteiger partial charge in [0.2, 0.25) is 0 Å². The zero-order valence-electron chi connectivity index (χ0n) is 12.7. The minimum atomic E-state index is -0.194. The van der Waals surface area contributed by atoms with Crippen molar-refractivity contribution in [2.75, 3.05) is 13.6 Å². The van der Waals surface area contributed by atoms with E-state index in [0.29, 0.717) is 0 Å². The van der Waals surface area contributed by atoms with Gasteiger partial charge >= 0.3 is 0 Å². The number of nitrogens with zero attached hydrogens (tertiary/aromatic N) is 1. The maximum absolute atomic E-state index is 12.9. The molecule has 1 heterocycles. The van der Waals surface area contributed by atoms with E-state index in [0.717, 1.165) is 43.9 Å². The summed E-state index contributed by atoms with van der Waals surface area (Å²) in [6.07, 6.45) is 2.85. The monoisotopic (exact) mass is 290 g/mol. The number of halogens is 1. The summed E-state index contributed by atoms with van der Waals surface area (Å²) in [7, 11) is 2.06. The highest BCUT2D eigenvalue weighted by molar-refractivity contribution is 5.18. The van der Waals surface area contributed by atoms with E-state index in [2.05, 4.69) is 24.2 Å². The topological polar surface area (TPSA) is 28.4 Å². The molecule has 4 heteroatoms. The molecule has 0 atom stereocenters. The lowest BCUT2D eigenvalue weighted by molar-refractivity contribution is 0.314. The van der Waals surface area contributed by atoms with Crippen molar-refractivity contribution >= 4 is 0 Å². The van der Waals surface area contributed by atoms with E-state index < -0.39 is 0 Å². The second-order valence-corrected chi connectivity index (χ2v) is 5.34. The highest BCUT2D eigenvalue weighted by Gasteiger charge is 2.09. The van der Waals surface area contributed by atoms with Gasteiger partial charge in [-0.1, -0.05) is 19.1 Å². The molecule has 0 bridgehead atoms. The van der Waals surface area contributed by atoms with Crippen LogP contribution < -0.4 is 5.32 Å². The molecule has 0 aliphatic carbocycles. The third-order valence-electron chi connectivity index (χ3n) is 3.36. The molecule has 114 valence electrons. The molecule has 0 radical (unpaired) electrons. The largest absolute Gasteiger partial charge is 0.468 e. The fourth-order valence-corrected chi connectivity index (χ4v) is 2.29. The van der Waals surface area contributed by atoms with Crippen molar-refractivity contribution in [1.82, 2.24) is 10.2 Å². The van der Waals surface area contributed by atoms with E-state index in [1.165, 1.54) is 17.7 Å². The lowest BCUT2D eigenvalue weighted by atomic mass is 10.2. The van der Waals surface area contributed by atoms with Crippen molar-refractivity contribution in [3.8, 4) is 0 Å². The van der Waals surface area contributed by atoms with E-state index in [1.54, 1.807) is 6.26 Å². The number of benzene rings is 1. The van der Waals surface area contributed by atoms with Gasteiger partial charge in [0.15, 0.2) is 0 Å². The number of furan rings is 1. The summed E-state index contributed by atoms with van der Waals surface area (Å²) in [4.78, 5) is 2.20. The molecule has 2 aromatic rings. The Hall–Kier alpha value is -1.65. The molecule has 0 aliphatic rings. The highest BCUT2D eigenvalue weighted by Crippen LogP contribution is 2.14. The lowest BCUT2D eigenvalue weighted by Crippen LogP contribution is -2.19. The van der Waals surface area contributed by atoms with Crippen LogP contribution >= 0.6 is 0 Å². The van der Waals surface area contributed by atoms with Gasteiger partial charge in [-0.2, -0.15) is 0 Å². The molecule has 21 heavy (non-hydrogen) atoms. The van der Waals surface area contributed by atoms with Crippen LogP contribution in [0.2, 0.25) is 0 Å². The zero-order chi connectivity index (χ0) is 15.1. The van der Waals surface area contributed by atoms with Crippen LogP contribution in [0.4, 0.5) is 4.39 Å². The van der Waals surface area contributed by atoms with Crippen molar-refractivity contribution in [2.45, 2.75) is 33.0 Å². The Labute approximate surface area is 125 Å². The van der Waals surface area contributed by atoms with Crippen LogP contribution in [0, 0.1) is 5.82 Å². The Balaban J connectivity index is 1.88. The van der Waals surface area contributed by atoms with Crippen molar-refractivity contribution in [3.05, 3.63) is 59.3 Å². The Morgan fingerprint density at radius 3 is 2.62 bits per heavy atom. The first-order chi connectivity index (χ1) is 10.2. The second kappa shape index (κ2) is 7.96. The number of hydrogen-bond acceptors (Lipinski definition) is 3. The van der Waals surface area contributed by atoms with Gasteiger partial charge in [0.1, 0.15) is 11.6 Å². The minimum Gasteiger partial charge on any atom is -0.468 e. The third-order valence-corrected chi connectivity index (χ3v) is 3.36. The number of nitrogens with one attached hydrogen (secondary N) is 1. The first kappa shape index (κ1) is 15.7. The van der Waals surface area contributed by atoms with Crippen molar-refractivity contribution in [3.63, 3.8) is 0 Å². The summed E-state index contributed by atoms with van der Waals surface area (Å²) in [6, 6.07) is 8.67. The van der Waals surface area contributed by atoms with Gasteiger partial charge in [-0.3, -0.25) is 4.90 Å². The Morgan fingerprint density at radius 2 is 1.90 bits per heavy atom. The van der Waals surface area contributed by atoms with E-state index >= 15 is 0 Å². The van der Waals surface area contributed by atoms with E-state index in [4.69, 9.17) is 4.42 Å². The molecular weight excluding hydrogens is 267 g/mol. The maximum atomic E-state index is 12.9. The van der Waals surface area contributed by atoms with Crippen LogP contribution in [0.25, 0.3) is 0 Å². The average molecular weight is 290 g/mol. The first-order valence-electron chi connectivity index (χ1n) is 7.38. The highest BCUT2D eigenvalue weighted by atomic mass is 19.1. The van der Waals surface area contributed by atoms with Crippen molar-refractivity contribution < 1.29 is 8.81 Å². The molecule has 1 aromatic carbocycles. The molecule has 0 spiro atoms. The van der Waals surface area contributed by atoms with E-state index in [9.17, 15) is 4.39 Å². The normalized spacial score (nSPS) is 11.2. The van der Waals surface area contributed by atoms with E-state index in [-0.39, 0.29) is 5.82 Å². The molecule has 0 saturated heterocycles. The Kier molecular flexibility index (Phi) is 5.96. The van der Waals surface area contributed by atoms with Gasteiger partial charge in [0, 0.05) is 18.7 Å². The fourth-order valence-electron chi connectivity index (χ4n) is 2.29. The zero-order valence-corrected chi connectivity index (χ0v) is 12.7. The van der Waals surface area contributed by atoms with Crippen LogP contribution in [0.3, 0.4) is 0 Å². The quantitative estimate of drug-likeness (QED) is 0.754. The van der Waals surface area contributed by atoms with Crippen molar-refractivity contribution in [2.24, 2.45) is 0 Å². The van der Waals surface area contributed by atoms with Gasteiger partial charge in [-0.25, -0.2) is 4.39 Å². The molecule has 0 amide bonds. The maximum Gasteiger partial charge on any atom is 0.123 e. The van der Waals surface area contributed by atoms with Gasteiger partial charge < -0.3 is 9.73 Å². The van der Waals surface area contributed by atoms with Gasteiger partial charge in [0.05, 0.1) is 12.8 Å².